The number of rotatable bonds is 5. The molecule has 0 saturated carbocycles. The third-order valence-electron chi connectivity index (χ3n) is 7.10. The minimum atomic E-state index is -3.83. The molecule has 1 N–H and O–H groups in total. The number of urea groups is 1. The molecule has 3 aliphatic rings. The number of nitrogens with one attached hydrogen (secondary N) is 1. The summed E-state index contributed by atoms with van der Waals surface area (Å²) in [5, 5.41) is 4.75. The highest BCUT2D eigenvalue weighted by Gasteiger charge is 2.54. The van der Waals surface area contributed by atoms with E-state index in [0.717, 1.165) is 28.2 Å². The van der Waals surface area contributed by atoms with Crippen LogP contribution < -0.4 is 5.32 Å². The van der Waals surface area contributed by atoms with Crippen LogP contribution in [0.1, 0.15) is 40.6 Å². The minimum Gasteiger partial charge on any atom is -0.338 e. The number of ketones is 1. The maximum absolute atomic E-state index is 13.4. The number of Topliss-reactive ketones (excluding diaryl/α,β-unsaturated/α-hetero) is 1. The Morgan fingerprint density at radius 1 is 1.11 bits per heavy atom. The zero-order valence-electron chi connectivity index (χ0n) is 19.7. The van der Waals surface area contributed by atoms with Gasteiger partial charge < -0.3 is 10.2 Å². The monoisotopic (exact) mass is 530 g/mol. The molecule has 2 saturated heterocycles. The highest BCUT2D eigenvalue weighted by atomic mass is 32.2. The first-order chi connectivity index (χ1) is 17.1. The van der Waals surface area contributed by atoms with Crippen molar-refractivity contribution in [3.05, 3.63) is 51.7 Å². The van der Waals surface area contributed by atoms with E-state index in [1.54, 1.807) is 17.4 Å². The number of carbonyl (C=O) groups excluding carboxylic acids is 4. The van der Waals surface area contributed by atoms with Crippen molar-refractivity contribution in [1.29, 1.82) is 0 Å². The van der Waals surface area contributed by atoms with Gasteiger partial charge in [0.25, 0.3) is 5.91 Å². The third kappa shape index (κ3) is 4.02. The second-order valence-electron chi connectivity index (χ2n) is 9.21. The van der Waals surface area contributed by atoms with Crippen LogP contribution in [0.5, 0.6) is 0 Å². The molecule has 1 spiro atoms. The highest BCUT2D eigenvalue weighted by molar-refractivity contribution is 7.89. The molecule has 1 aromatic carbocycles. The topological polar surface area (TPSA) is 124 Å². The average Bonchev–Trinajstić information content (AvgIpc) is 3.44. The first-order valence-corrected chi connectivity index (χ1v) is 14.1. The van der Waals surface area contributed by atoms with Gasteiger partial charge >= 0.3 is 6.03 Å². The molecule has 1 aliphatic carbocycles. The standard InChI is InChI=1S/C24H26N4O6S2/c1-16(29)17-4-2-5-18(14-17)36(33,34)27-11-9-26(10-12-27)21(30)15-28-22(31)24(25-23(28)32)8-3-6-20-19(24)7-13-35-20/h2,4-5,7,13-14H,3,6,8-12,15H2,1H3,(H,25,32)/t24-/m1/s1. The number of amides is 4. The Balaban J connectivity index is 1.24. The van der Waals surface area contributed by atoms with Crippen molar-refractivity contribution in [3.63, 3.8) is 0 Å². The number of aryl methyl sites for hydroxylation is 1. The van der Waals surface area contributed by atoms with E-state index in [9.17, 15) is 27.6 Å². The fourth-order valence-electron chi connectivity index (χ4n) is 5.12. The first-order valence-electron chi connectivity index (χ1n) is 11.7. The van der Waals surface area contributed by atoms with E-state index >= 15 is 0 Å². The second-order valence-corrected chi connectivity index (χ2v) is 12.1. The fourth-order valence-corrected chi connectivity index (χ4v) is 7.59. The molecule has 12 heteroatoms. The molecule has 4 amide bonds. The summed E-state index contributed by atoms with van der Waals surface area (Å²) in [4.78, 5) is 54.3. The summed E-state index contributed by atoms with van der Waals surface area (Å²) in [7, 11) is -3.83. The van der Waals surface area contributed by atoms with Gasteiger partial charge in [0.1, 0.15) is 12.1 Å². The highest BCUT2D eigenvalue weighted by Crippen LogP contribution is 2.42. The Kier molecular flexibility index (Phi) is 6.21. The van der Waals surface area contributed by atoms with Crippen LogP contribution in [-0.2, 0) is 31.6 Å². The van der Waals surface area contributed by atoms with Gasteiger partial charge in [0, 0.05) is 42.2 Å². The molecular weight excluding hydrogens is 504 g/mol. The maximum atomic E-state index is 13.4. The summed E-state index contributed by atoms with van der Waals surface area (Å²) < 4.78 is 27.4. The van der Waals surface area contributed by atoms with Gasteiger partial charge in [0.2, 0.25) is 15.9 Å². The quantitative estimate of drug-likeness (QED) is 0.462. The van der Waals surface area contributed by atoms with Gasteiger partial charge in [0.05, 0.1) is 4.90 Å². The molecule has 10 nitrogen and oxygen atoms in total. The molecule has 190 valence electrons. The van der Waals surface area contributed by atoms with Crippen LogP contribution in [-0.4, -0.2) is 78.9 Å². The zero-order valence-corrected chi connectivity index (χ0v) is 21.4. The van der Waals surface area contributed by atoms with Crippen molar-refractivity contribution in [2.24, 2.45) is 0 Å². The number of fused-ring (bicyclic) bond motifs is 2. The lowest BCUT2D eigenvalue weighted by Crippen LogP contribution is -2.53. The van der Waals surface area contributed by atoms with Crippen LogP contribution in [0.2, 0.25) is 0 Å². The van der Waals surface area contributed by atoms with E-state index in [2.05, 4.69) is 5.32 Å². The molecule has 0 radical (unpaired) electrons. The number of hydrogen-bond acceptors (Lipinski definition) is 7. The SMILES string of the molecule is CC(=O)c1cccc(S(=O)(=O)N2CCN(C(=O)CN3C(=O)N[C@@]4(CCCc5sccc54)C3=O)CC2)c1. The van der Waals surface area contributed by atoms with Crippen LogP contribution in [0.15, 0.2) is 40.6 Å². The summed E-state index contributed by atoms with van der Waals surface area (Å²) >= 11 is 1.56. The van der Waals surface area contributed by atoms with Crippen molar-refractivity contribution in [2.75, 3.05) is 32.7 Å². The van der Waals surface area contributed by atoms with E-state index in [4.69, 9.17) is 0 Å². The van der Waals surface area contributed by atoms with E-state index < -0.39 is 33.4 Å². The van der Waals surface area contributed by atoms with E-state index in [1.807, 2.05) is 11.4 Å². The average molecular weight is 531 g/mol. The number of thiophene rings is 1. The Morgan fingerprint density at radius 2 is 1.86 bits per heavy atom. The van der Waals surface area contributed by atoms with Gasteiger partial charge in [-0.1, -0.05) is 12.1 Å². The molecule has 2 fully saturated rings. The lowest BCUT2D eigenvalue weighted by Gasteiger charge is -2.34. The number of piperazine rings is 1. The molecule has 36 heavy (non-hydrogen) atoms. The molecule has 0 bridgehead atoms. The second kappa shape index (κ2) is 9.09. The summed E-state index contributed by atoms with van der Waals surface area (Å²) in [6, 6.07) is 7.17. The predicted molar refractivity (Wildman–Crippen MR) is 131 cm³/mol. The lowest BCUT2D eigenvalue weighted by atomic mass is 9.80. The van der Waals surface area contributed by atoms with Crippen molar-refractivity contribution >= 4 is 45.0 Å². The summed E-state index contributed by atoms with van der Waals surface area (Å²) in [6.45, 7) is 1.39. The van der Waals surface area contributed by atoms with Crippen LogP contribution >= 0.6 is 11.3 Å². The van der Waals surface area contributed by atoms with Crippen LogP contribution in [0, 0.1) is 0 Å². The number of benzene rings is 1. The predicted octanol–water partition coefficient (Wildman–Crippen LogP) is 1.57. The van der Waals surface area contributed by atoms with Gasteiger partial charge in [-0.25, -0.2) is 13.2 Å². The van der Waals surface area contributed by atoms with E-state index in [-0.39, 0.29) is 43.4 Å². The van der Waals surface area contributed by atoms with Crippen molar-refractivity contribution in [1.82, 2.24) is 19.4 Å². The molecule has 3 heterocycles. The number of imide groups is 1. The van der Waals surface area contributed by atoms with Crippen LogP contribution in [0.3, 0.4) is 0 Å². The Morgan fingerprint density at radius 3 is 2.58 bits per heavy atom. The number of hydrogen-bond donors (Lipinski definition) is 1. The van der Waals surface area contributed by atoms with E-state index in [1.165, 1.54) is 34.3 Å². The van der Waals surface area contributed by atoms with Crippen LogP contribution in [0.4, 0.5) is 4.79 Å². The van der Waals surface area contributed by atoms with Gasteiger partial charge in [-0.15, -0.1) is 11.3 Å². The maximum Gasteiger partial charge on any atom is 0.325 e. The summed E-state index contributed by atoms with van der Waals surface area (Å²) in [6.07, 6.45) is 2.13. The minimum absolute atomic E-state index is 0.0277. The normalized spacial score (nSPS) is 22.6. The molecule has 5 rings (SSSR count). The Bertz CT molecular complexity index is 1360. The Hall–Kier alpha value is -3.09. The molecule has 1 atom stereocenters. The van der Waals surface area contributed by atoms with Crippen molar-refractivity contribution < 1.29 is 27.6 Å². The fraction of sp³-hybridized carbons (Fsp3) is 0.417. The molecule has 0 unspecified atom stereocenters. The third-order valence-corrected chi connectivity index (χ3v) is 9.97. The largest absolute Gasteiger partial charge is 0.338 e. The van der Waals surface area contributed by atoms with Crippen LogP contribution in [0.25, 0.3) is 0 Å². The van der Waals surface area contributed by atoms with Gasteiger partial charge in [0.15, 0.2) is 5.78 Å². The lowest BCUT2D eigenvalue weighted by molar-refractivity contribution is -0.140. The van der Waals surface area contributed by atoms with Gasteiger partial charge in [-0.3, -0.25) is 19.3 Å². The number of nitrogens with zero attached hydrogens (tertiary/aromatic N) is 3. The summed E-state index contributed by atoms with van der Waals surface area (Å²) in [5.41, 5.74) is 0.0232. The smallest absolute Gasteiger partial charge is 0.325 e. The van der Waals surface area contributed by atoms with Crippen molar-refractivity contribution in [2.45, 2.75) is 36.6 Å². The molecule has 2 aromatic rings. The Labute approximate surface area is 212 Å². The number of carbonyl (C=O) groups is 4. The van der Waals surface area contributed by atoms with Gasteiger partial charge in [-0.2, -0.15) is 4.31 Å². The first kappa shape index (κ1) is 24.6. The zero-order chi connectivity index (χ0) is 25.7. The van der Waals surface area contributed by atoms with E-state index in [0.29, 0.717) is 12.0 Å². The van der Waals surface area contributed by atoms with Gasteiger partial charge in [-0.05, 0) is 49.8 Å². The molecular formula is C24H26N4O6S2. The molecule has 1 aromatic heterocycles. The summed E-state index contributed by atoms with van der Waals surface area (Å²) in [5.74, 6) is -1.05. The number of sulfonamides is 1. The van der Waals surface area contributed by atoms with Crippen molar-refractivity contribution in [3.8, 4) is 0 Å². The molecule has 2 aliphatic heterocycles.